The Bertz CT molecular complexity index is 1130. The molecule has 0 spiro atoms. The topological polar surface area (TPSA) is 78.5 Å². The molecule has 1 saturated carbocycles. The fourth-order valence-corrected chi connectivity index (χ4v) is 5.48. The van der Waals surface area contributed by atoms with E-state index in [0.717, 1.165) is 80.9 Å². The Labute approximate surface area is 220 Å². The molecule has 2 N–H and O–H groups in total. The molecule has 2 aromatic rings. The second kappa shape index (κ2) is 12.8. The number of benzene rings is 2. The van der Waals surface area contributed by atoms with Crippen LogP contribution in [0.4, 0.5) is 5.69 Å². The molecule has 2 aliphatic rings. The van der Waals surface area contributed by atoms with E-state index in [4.69, 9.17) is 0 Å². The van der Waals surface area contributed by atoms with Gasteiger partial charge in [-0.15, -0.1) is 0 Å². The fraction of sp³-hybridized carbons (Fsp3) is 0.452. The molecule has 0 bridgehead atoms. The van der Waals surface area contributed by atoms with Gasteiger partial charge in [0.2, 0.25) is 11.8 Å². The molecule has 37 heavy (non-hydrogen) atoms. The van der Waals surface area contributed by atoms with Crippen molar-refractivity contribution in [1.29, 1.82) is 0 Å². The number of hydrogen-bond acceptors (Lipinski definition) is 4. The van der Waals surface area contributed by atoms with Crippen molar-refractivity contribution >= 4 is 29.4 Å². The minimum Gasteiger partial charge on any atom is -0.350 e. The van der Waals surface area contributed by atoms with Crippen LogP contribution in [-0.2, 0) is 22.4 Å². The predicted molar refractivity (Wildman–Crippen MR) is 149 cm³/mol. The Kier molecular flexibility index (Phi) is 9.29. The van der Waals surface area contributed by atoms with E-state index >= 15 is 0 Å². The number of amides is 2. The summed E-state index contributed by atoms with van der Waals surface area (Å²) in [6.07, 6.45) is 11.1. The number of anilines is 1. The lowest BCUT2D eigenvalue weighted by Gasteiger charge is -2.30. The van der Waals surface area contributed by atoms with Gasteiger partial charge < -0.3 is 15.5 Å². The van der Waals surface area contributed by atoms with Gasteiger partial charge in [0.25, 0.3) is 0 Å². The van der Waals surface area contributed by atoms with Gasteiger partial charge in [-0.05, 0) is 105 Å². The summed E-state index contributed by atoms with van der Waals surface area (Å²) in [6.45, 7) is 6.38. The van der Waals surface area contributed by atoms with Crippen molar-refractivity contribution in [2.24, 2.45) is 5.92 Å². The molecule has 0 aromatic heterocycles. The summed E-state index contributed by atoms with van der Waals surface area (Å²) in [5, 5.41) is 5.90. The van der Waals surface area contributed by atoms with Crippen LogP contribution >= 0.6 is 0 Å². The number of Topliss-reactive ketones (excluding diaryl/α,β-unsaturated/α-hetero) is 1. The van der Waals surface area contributed by atoms with Crippen LogP contribution in [0.3, 0.4) is 0 Å². The summed E-state index contributed by atoms with van der Waals surface area (Å²) in [7, 11) is 0. The molecule has 4 rings (SSSR count). The van der Waals surface area contributed by atoms with E-state index in [1.165, 1.54) is 24.5 Å². The average molecular weight is 502 g/mol. The van der Waals surface area contributed by atoms with Crippen molar-refractivity contribution in [1.82, 2.24) is 10.2 Å². The zero-order chi connectivity index (χ0) is 26.2. The van der Waals surface area contributed by atoms with Crippen LogP contribution in [0.1, 0.15) is 73.0 Å². The first-order valence-corrected chi connectivity index (χ1v) is 13.6. The highest BCUT2D eigenvalue weighted by molar-refractivity contribution is 5.94. The molecule has 0 unspecified atom stereocenters. The Morgan fingerprint density at radius 2 is 1.62 bits per heavy atom. The van der Waals surface area contributed by atoms with Gasteiger partial charge in [-0.2, -0.15) is 0 Å². The second-order valence-electron chi connectivity index (χ2n) is 10.5. The van der Waals surface area contributed by atoms with E-state index in [0.29, 0.717) is 0 Å². The number of carbonyl (C=O) groups excluding carboxylic acids is 3. The molecule has 0 radical (unpaired) electrons. The van der Waals surface area contributed by atoms with Crippen LogP contribution in [0.25, 0.3) is 6.08 Å². The lowest BCUT2D eigenvalue weighted by molar-refractivity contribution is -0.117. The van der Waals surface area contributed by atoms with Crippen LogP contribution in [0.15, 0.2) is 48.5 Å². The van der Waals surface area contributed by atoms with Crippen molar-refractivity contribution in [3.8, 4) is 0 Å². The number of nitrogens with one attached hydrogen (secondary N) is 2. The Morgan fingerprint density at radius 3 is 2.30 bits per heavy atom. The standard InChI is InChI=1S/C31H39N3O3/c1-22(35)27-9-8-26-16-19-34(20-17-28(26)21-27)18-15-25-5-12-30(13-6-25)33-31(37)14-7-24-3-10-29(11-4-24)32-23(2)36/h3-4,7-11,14,21,25,30H,5-6,12-13,15-20H2,1-2H3,(H,32,36)(H,33,37). The van der Waals surface area contributed by atoms with Gasteiger partial charge in [0.05, 0.1) is 0 Å². The normalized spacial score (nSPS) is 20.2. The predicted octanol–water partition coefficient (Wildman–Crippen LogP) is 5.03. The summed E-state index contributed by atoms with van der Waals surface area (Å²) < 4.78 is 0. The van der Waals surface area contributed by atoms with Crippen LogP contribution in [0.2, 0.25) is 0 Å². The van der Waals surface area contributed by atoms with E-state index in [9.17, 15) is 14.4 Å². The quantitative estimate of drug-likeness (QED) is 0.393. The largest absolute Gasteiger partial charge is 0.350 e. The maximum Gasteiger partial charge on any atom is 0.244 e. The minimum atomic E-state index is -0.101. The molecule has 6 nitrogen and oxygen atoms in total. The van der Waals surface area contributed by atoms with Gasteiger partial charge in [0.1, 0.15) is 0 Å². The van der Waals surface area contributed by atoms with Gasteiger partial charge in [0, 0.05) is 43.4 Å². The molecule has 1 fully saturated rings. The van der Waals surface area contributed by atoms with E-state index in [2.05, 4.69) is 27.7 Å². The number of rotatable bonds is 8. The maximum atomic E-state index is 12.4. The first kappa shape index (κ1) is 26.8. The average Bonchev–Trinajstić information content (AvgIpc) is 3.09. The summed E-state index contributed by atoms with van der Waals surface area (Å²) in [5.74, 6) is 0.712. The molecule has 1 aliphatic carbocycles. The van der Waals surface area contributed by atoms with Crippen molar-refractivity contribution < 1.29 is 14.4 Å². The van der Waals surface area contributed by atoms with E-state index in [1.807, 2.05) is 30.3 Å². The number of carbonyl (C=O) groups is 3. The summed E-state index contributed by atoms with van der Waals surface area (Å²) in [5.41, 5.74) is 5.21. The molecular formula is C31H39N3O3. The molecule has 2 aromatic carbocycles. The summed E-state index contributed by atoms with van der Waals surface area (Å²) in [4.78, 5) is 37.8. The number of nitrogens with zero attached hydrogens (tertiary/aromatic N) is 1. The third-order valence-electron chi connectivity index (χ3n) is 7.71. The summed E-state index contributed by atoms with van der Waals surface area (Å²) in [6, 6.07) is 13.9. The third kappa shape index (κ3) is 8.12. The Balaban J connectivity index is 1.15. The van der Waals surface area contributed by atoms with Gasteiger partial charge in [-0.3, -0.25) is 14.4 Å². The summed E-state index contributed by atoms with van der Waals surface area (Å²) >= 11 is 0. The van der Waals surface area contributed by atoms with Crippen molar-refractivity contribution in [3.63, 3.8) is 0 Å². The first-order valence-electron chi connectivity index (χ1n) is 13.6. The lowest BCUT2D eigenvalue weighted by Crippen LogP contribution is -2.37. The van der Waals surface area contributed by atoms with Crippen LogP contribution < -0.4 is 10.6 Å². The van der Waals surface area contributed by atoms with Gasteiger partial charge in [0.15, 0.2) is 5.78 Å². The van der Waals surface area contributed by atoms with Crippen molar-refractivity contribution in [2.45, 2.75) is 64.8 Å². The first-order chi connectivity index (χ1) is 17.9. The lowest BCUT2D eigenvalue weighted by atomic mass is 9.84. The van der Waals surface area contributed by atoms with E-state index < -0.39 is 0 Å². The van der Waals surface area contributed by atoms with Crippen LogP contribution in [-0.4, -0.2) is 48.2 Å². The Hall–Kier alpha value is -3.25. The van der Waals surface area contributed by atoms with Crippen molar-refractivity contribution in [3.05, 3.63) is 70.8 Å². The van der Waals surface area contributed by atoms with Gasteiger partial charge in [-0.25, -0.2) is 0 Å². The monoisotopic (exact) mass is 501 g/mol. The highest BCUT2D eigenvalue weighted by atomic mass is 16.2. The Morgan fingerprint density at radius 1 is 0.919 bits per heavy atom. The van der Waals surface area contributed by atoms with Gasteiger partial charge in [-0.1, -0.05) is 24.3 Å². The fourth-order valence-electron chi connectivity index (χ4n) is 5.48. The molecule has 0 atom stereocenters. The van der Waals surface area contributed by atoms with Crippen LogP contribution in [0.5, 0.6) is 0 Å². The zero-order valence-corrected chi connectivity index (χ0v) is 22.1. The number of ketones is 1. The molecule has 0 saturated heterocycles. The smallest absolute Gasteiger partial charge is 0.244 e. The highest BCUT2D eigenvalue weighted by Crippen LogP contribution is 2.28. The van der Waals surface area contributed by atoms with Crippen molar-refractivity contribution in [2.75, 3.05) is 25.0 Å². The number of fused-ring (bicyclic) bond motifs is 1. The molecule has 2 amide bonds. The molecule has 6 heteroatoms. The molecule has 1 heterocycles. The third-order valence-corrected chi connectivity index (χ3v) is 7.71. The second-order valence-corrected chi connectivity index (χ2v) is 10.5. The molecular weight excluding hydrogens is 462 g/mol. The minimum absolute atomic E-state index is 0.0496. The van der Waals surface area contributed by atoms with E-state index in [-0.39, 0.29) is 23.6 Å². The molecule has 1 aliphatic heterocycles. The number of hydrogen-bond donors (Lipinski definition) is 2. The maximum absolute atomic E-state index is 12.4. The molecule has 196 valence electrons. The zero-order valence-electron chi connectivity index (χ0n) is 22.1. The van der Waals surface area contributed by atoms with Gasteiger partial charge >= 0.3 is 0 Å². The van der Waals surface area contributed by atoms with E-state index in [1.54, 1.807) is 19.1 Å². The SMILES string of the molecule is CC(=O)Nc1ccc(C=CC(=O)NC2CCC(CCN3CCc4ccc(C(C)=O)cc4CC3)CC2)cc1. The highest BCUT2D eigenvalue weighted by Gasteiger charge is 2.23. The van der Waals surface area contributed by atoms with Crippen LogP contribution in [0, 0.1) is 5.92 Å².